The number of urea groups is 1. The van der Waals surface area contributed by atoms with Crippen LogP contribution in [-0.2, 0) is 9.47 Å². The fourth-order valence-electron chi connectivity index (χ4n) is 1.59. The zero-order valence-corrected chi connectivity index (χ0v) is 10.7. The van der Waals surface area contributed by atoms with Gasteiger partial charge in [0.15, 0.2) is 12.5 Å². The molecule has 0 aromatic carbocycles. The van der Waals surface area contributed by atoms with Gasteiger partial charge in [-0.3, -0.25) is 0 Å². The summed E-state index contributed by atoms with van der Waals surface area (Å²) in [6.07, 6.45) is 6.45. The molecule has 5 nitrogen and oxygen atoms in total. The molecule has 5 heteroatoms. The lowest BCUT2D eigenvalue weighted by atomic mass is 10.3. The zero-order valence-electron chi connectivity index (χ0n) is 10.7. The predicted molar refractivity (Wildman–Crippen MR) is 70.0 cm³/mol. The van der Waals surface area contributed by atoms with Crippen LogP contribution in [0.3, 0.4) is 0 Å². The molecule has 1 fully saturated rings. The molecule has 0 aliphatic carbocycles. The standard InChI is InChI=1S/C13H22N2O3/c1-3-5-7-9-17-11-12(15-13(16)14-11)18-10-8-6-4-2/h3-4,11-12H,1-2,5-10H2,(H2,14,15,16)/t11-,12-/m0/s1. The third kappa shape index (κ3) is 5.33. The first-order valence-corrected chi connectivity index (χ1v) is 6.30. The Morgan fingerprint density at radius 3 is 1.83 bits per heavy atom. The van der Waals surface area contributed by atoms with Crippen LogP contribution < -0.4 is 10.6 Å². The Morgan fingerprint density at radius 1 is 1.00 bits per heavy atom. The molecule has 0 saturated carbocycles. The minimum absolute atomic E-state index is 0.252. The smallest absolute Gasteiger partial charge is 0.319 e. The summed E-state index contributed by atoms with van der Waals surface area (Å²) in [5, 5.41) is 5.36. The van der Waals surface area contributed by atoms with Crippen LogP contribution in [0.2, 0.25) is 0 Å². The van der Waals surface area contributed by atoms with Gasteiger partial charge in [-0.25, -0.2) is 4.79 Å². The van der Waals surface area contributed by atoms with E-state index in [0.717, 1.165) is 25.7 Å². The van der Waals surface area contributed by atoms with Crippen molar-refractivity contribution in [1.82, 2.24) is 10.6 Å². The summed E-state index contributed by atoms with van der Waals surface area (Å²) in [5.74, 6) is 0. The van der Waals surface area contributed by atoms with E-state index in [2.05, 4.69) is 23.8 Å². The lowest BCUT2D eigenvalue weighted by Crippen LogP contribution is -2.38. The third-order valence-corrected chi connectivity index (χ3v) is 2.52. The second-order valence-corrected chi connectivity index (χ2v) is 4.06. The Bertz CT molecular complexity index is 255. The molecule has 1 aliphatic heterocycles. The zero-order chi connectivity index (χ0) is 13.2. The first-order valence-electron chi connectivity index (χ1n) is 6.30. The van der Waals surface area contributed by atoms with E-state index in [1.807, 2.05) is 12.2 Å². The van der Waals surface area contributed by atoms with E-state index >= 15 is 0 Å². The van der Waals surface area contributed by atoms with E-state index in [0.29, 0.717) is 13.2 Å². The molecular formula is C13H22N2O3. The Hall–Kier alpha value is -1.33. The average Bonchev–Trinajstić information content (AvgIpc) is 2.71. The molecule has 0 unspecified atom stereocenters. The molecule has 0 aromatic heterocycles. The quantitative estimate of drug-likeness (QED) is 0.462. The van der Waals surface area contributed by atoms with E-state index < -0.39 is 12.5 Å². The largest absolute Gasteiger partial charge is 0.354 e. The van der Waals surface area contributed by atoms with Crippen molar-refractivity contribution in [3.8, 4) is 0 Å². The molecule has 1 aliphatic rings. The summed E-state index contributed by atoms with van der Waals surface area (Å²) in [6, 6.07) is -0.252. The van der Waals surface area contributed by atoms with Gasteiger partial charge in [-0.05, 0) is 25.7 Å². The first-order chi connectivity index (χ1) is 8.77. The molecule has 2 N–H and O–H groups in total. The highest BCUT2D eigenvalue weighted by molar-refractivity contribution is 5.76. The van der Waals surface area contributed by atoms with Gasteiger partial charge in [0.05, 0.1) is 0 Å². The fourth-order valence-corrected chi connectivity index (χ4v) is 1.59. The summed E-state index contributed by atoms with van der Waals surface area (Å²) in [7, 11) is 0. The summed E-state index contributed by atoms with van der Waals surface area (Å²) >= 11 is 0. The van der Waals surface area contributed by atoms with Crippen molar-refractivity contribution >= 4 is 6.03 Å². The highest BCUT2D eigenvalue weighted by Crippen LogP contribution is 2.07. The van der Waals surface area contributed by atoms with Crippen molar-refractivity contribution in [3.63, 3.8) is 0 Å². The van der Waals surface area contributed by atoms with Gasteiger partial charge in [0.1, 0.15) is 0 Å². The van der Waals surface area contributed by atoms with Crippen LogP contribution in [0, 0.1) is 0 Å². The molecule has 2 amide bonds. The number of unbranched alkanes of at least 4 members (excludes halogenated alkanes) is 2. The van der Waals surface area contributed by atoms with Gasteiger partial charge in [0.2, 0.25) is 0 Å². The average molecular weight is 254 g/mol. The molecular weight excluding hydrogens is 232 g/mol. The van der Waals surface area contributed by atoms with Crippen molar-refractivity contribution in [2.45, 2.75) is 38.1 Å². The molecule has 0 radical (unpaired) electrons. The number of rotatable bonds is 10. The summed E-state index contributed by atoms with van der Waals surface area (Å²) in [4.78, 5) is 11.2. The summed E-state index contributed by atoms with van der Waals surface area (Å²) < 4.78 is 11.1. The van der Waals surface area contributed by atoms with Gasteiger partial charge >= 0.3 is 6.03 Å². The Morgan fingerprint density at radius 2 is 1.44 bits per heavy atom. The summed E-state index contributed by atoms with van der Waals surface area (Å²) in [6.45, 7) is 8.44. The van der Waals surface area contributed by atoms with E-state index in [1.54, 1.807) is 0 Å². The normalized spacial score (nSPS) is 22.3. The van der Waals surface area contributed by atoms with Gasteiger partial charge in [0.25, 0.3) is 0 Å². The van der Waals surface area contributed by atoms with Crippen LogP contribution in [0.1, 0.15) is 25.7 Å². The SMILES string of the molecule is C=CCCCO[C@@H]1NC(=O)N[C@H]1OCCCC=C. The minimum atomic E-state index is -0.411. The molecule has 2 atom stereocenters. The lowest BCUT2D eigenvalue weighted by molar-refractivity contribution is -0.0732. The van der Waals surface area contributed by atoms with Crippen molar-refractivity contribution < 1.29 is 14.3 Å². The fraction of sp³-hybridized carbons (Fsp3) is 0.615. The second-order valence-electron chi connectivity index (χ2n) is 4.06. The number of allylic oxidation sites excluding steroid dienone is 2. The van der Waals surface area contributed by atoms with Gasteiger partial charge in [-0.2, -0.15) is 0 Å². The number of hydrogen-bond acceptors (Lipinski definition) is 3. The van der Waals surface area contributed by atoms with Gasteiger partial charge in [-0.15, -0.1) is 13.2 Å². The monoisotopic (exact) mass is 254 g/mol. The minimum Gasteiger partial charge on any atom is -0.354 e. The van der Waals surface area contributed by atoms with Crippen molar-refractivity contribution in [1.29, 1.82) is 0 Å². The molecule has 0 aromatic rings. The molecule has 0 spiro atoms. The Labute approximate surface area is 108 Å². The van der Waals surface area contributed by atoms with Crippen LogP contribution in [0.25, 0.3) is 0 Å². The highest BCUT2D eigenvalue weighted by atomic mass is 16.6. The number of ether oxygens (including phenoxy) is 2. The molecule has 18 heavy (non-hydrogen) atoms. The van der Waals surface area contributed by atoms with Crippen molar-refractivity contribution in [3.05, 3.63) is 25.3 Å². The van der Waals surface area contributed by atoms with Crippen LogP contribution in [0.15, 0.2) is 25.3 Å². The van der Waals surface area contributed by atoms with Crippen LogP contribution in [-0.4, -0.2) is 31.7 Å². The van der Waals surface area contributed by atoms with Crippen LogP contribution in [0.4, 0.5) is 4.79 Å². The van der Waals surface area contributed by atoms with E-state index in [9.17, 15) is 4.79 Å². The third-order valence-electron chi connectivity index (χ3n) is 2.52. The lowest BCUT2D eigenvalue weighted by Gasteiger charge is -2.19. The number of hydrogen-bond donors (Lipinski definition) is 2. The number of amides is 2. The molecule has 1 saturated heterocycles. The van der Waals surface area contributed by atoms with Crippen LogP contribution >= 0.6 is 0 Å². The number of nitrogens with one attached hydrogen (secondary N) is 2. The topological polar surface area (TPSA) is 59.6 Å². The van der Waals surface area contributed by atoms with Crippen LogP contribution in [0.5, 0.6) is 0 Å². The molecule has 102 valence electrons. The van der Waals surface area contributed by atoms with E-state index in [4.69, 9.17) is 9.47 Å². The van der Waals surface area contributed by atoms with Gasteiger partial charge < -0.3 is 20.1 Å². The summed E-state index contributed by atoms with van der Waals surface area (Å²) in [5.41, 5.74) is 0. The maximum atomic E-state index is 11.2. The van der Waals surface area contributed by atoms with Crippen molar-refractivity contribution in [2.24, 2.45) is 0 Å². The Balaban J connectivity index is 2.22. The number of carbonyl (C=O) groups is 1. The highest BCUT2D eigenvalue weighted by Gasteiger charge is 2.32. The molecule has 1 rings (SSSR count). The maximum Gasteiger partial charge on any atom is 0.319 e. The molecule has 1 heterocycles. The molecule has 0 bridgehead atoms. The van der Waals surface area contributed by atoms with E-state index in [-0.39, 0.29) is 6.03 Å². The number of carbonyl (C=O) groups excluding carboxylic acids is 1. The van der Waals surface area contributed by atoms with E-state index in [1.165, 1.54) is 0 Å². The predicted octanol–water partition coefficient (Wildman–Crippen LogP) is 1.92. The van der Waals surface area contributed by atoms with Gasteiger partial charge in [-0.1, -0.05) is 12.2 Å². The maximum absolute atomic E-state index is 11.2. The Kier molecular flexibility index (Phi) is 7.13. The second kappa shape index (κ2) is 8.72. The van der Waals surface area contributed by atoms with Gasteiger partial charge in [0, 0.05) is 13.2 Å². The first kappa shape index (κ1) is 14.7. The van der Waals surface area contributed by atoms with Crippen molar-refractivity contribution in [2.75, 3.05) is 13.2 Å².